The number of allylic oxidation sites excluding steroid dienone is 1. The van der Waals surface area contributed by atoms with Crippen LogP contribution in [0.3, 0.4) is 0 Å². The van der Waals surface area contributed by atoms with Crippen LogP contribution in [-0.4, -0.2) is 10.3 Å². The molecular formula is C11H11BrN2S. The molecule has 1 aromatic heterocycles. The average molecular weight is 283 g/mol. The van der Waals surface area contributed by atoms with E-state index in [1.165, 1.54) is 16.9 Å². The fourth-order valence-electron chi connectivity index (χ4n) is 1.35. The maximum Gasteiger partial charge on any atom is 0.181 e. The molecule has 1 heterocycles. The molecule has 0 fully saturated rings. The summed E-state index contributed by atoms with van der Waals surface area (Å²) < 4.78 is 1.14. The zero-order valence-corrected chi connectivity index (χ0v) is 10.5. The monoisotopic (exact) mass is 282 g/mol. The minimum atomic E-state index is 0.631. The molecule has 78 valence electrons. The minimum Gasteiger partial charge on any atom is -0.375 e. The summed E-state index contributed by atoms with van der Waals surface area (Å²) in [4.78, 5) is 4.26. The number of nitrogens with two attached hydrogens (primary N) is 1. The fraction of sp³-hybridized carbons (Fsp3) is 0.182. The van der Waals surface area contributed by atoms with Gasteiger partial charge in [-0.1, -0.05) is 45.5 Å². The summed E-state index contributed by atoms with van der Waals surface area (Å²) in [5.74, 6) is 0. The van der Waals surface area contributed by atoms with Gasteiger partial charge < -0.3 is 5.73 Å². The number of hydrogen-bond donors (Lipinski definition) is 1. The number of fused-ring (bicyclic) bond motifs is 1. The average Bonchev–Trinajstić information content (AvgIpc) is 2.57. The lowest BCUT2D eigenvalue weighted by Crippen LogP contribution is -1.79. The number of aromatic nitrogens is 1. The van der Waals surface area contributed by atoms with Crippen LogP contribution in [0, 0.1) is 0 Å². The number of rotatable bonds is 3. The number of halogens is 1. The maximum absolute atomic E-state index is 5.65. The zero-order valence-electron chi connectivity index (χ0n) is 8.11. The molecule has 0 spiro atoms. The molecule has 2 aromatic rings. The summed E-state index contributed by atoms with van der Waals surface area (Å²) in [5, 5.41) is 1.63. The van der Waals surface area contributed by atoms with Gasteiger partial charge in [-0.05, 0) is 24.1 Å². The van der Waals surface area contributed by atoms with Crippen LogP contribution >= 0.6 is 27.3 Å². The molecule has 0 amide bonds. The van der Waals surface area contributed by atoms with Crippen molar-refractivity contribution in [1.29, 1.82) is 0 Å². The van der Waals surface area contributed by atoms with Gasteiger partial charge in [-0.2, -0.15) is 0 Å². The van der Waals surface area contributed by atoms with Crippen molar-refractivity contribution in [2.45, 2.75) is 6.42 Å². The zero-order chi connectivity index (χ0) is 10.7. The van der Waals surface area contributed by atoms with Crippen LogP contribution in [-0.2, 0) is 0 Å². The predicted octanol–water partition coefficient (Wildman–Crippen LogP) is 3.68. The van der Waals surface area contributed by atoms with E-state index in [-0.39, 0.29) is 0 Å². The van der Waals surface area contributed by atoms with E-state index in [0.717, 1.165) is 22.0 Å². The minimum absolute atomic E-state index is 0.631. The molecule has 15 heavy (non-hydrogen) atoms. The topological polar surface area (TPSA) is 38.9 Å². The number of nitrogen functional groups attached to an aromatic ring is 1. The lowest BCUT2D eigenvalue weighted by molar-refractivity contribution is 1.27. The molecule has 0 aliphatic rings. The van der Waals surface area contributed by atoms with Gasteiger partial charge >= 0.3 is 0 Å². The molecular weight excluding hydrogens is 272 g/mol. The number of thiazole rings is 1. The van der Waals surface area contributed by atoms with E-state index in [0.29, 0.717) is 5.13 Å². The smallest absolute Gasteiger partial charge is 0.181 e. The molecule has 0 unspecified atom stereocenters. The first kappa shape index (κ1) is 10.6. The first-order chi connectivity index (χ1) is 7.29. The lowest BCUT2D eigenvalue weighted by atomic mass is 10.2. The summed E-state index contributed by atoms with van der Waals surface area (Å²) in [7, 11) is 0. The number of alkyl halides is 1. The quantitative estimate of drug-likeness (QED) is 0.873. The molecule has 2 nitrogen and oxygen atoms in total. The Morgan fingerprint density at radius 2 is 2.33 bits per heavy atom. The van der Waals surface area contributed by atoms with Gasteiger partial charge in [0.15, 0.2) is 5.13 Å². The Bertz CT molecular complexity index is 490. The van der Waals surface area contributed by atoms with Crippen molar-refractivity contribution in [2.75, 3.05) is 11.1 Å². The van der Waals surface area contributed by atoms with Crippen LogP contribution in [0.1, 0.15) is 12.0 Å². The second-order valence-corrected chi connectivity index (χ2v) is 5.01. The van der Waals surface area contributed by atoms with Crippen LogP contribution < -0.4 is 5.73 Å². The van der Waals surface area contributed by atoms with Crippen molar-refractivity contribution in [3.8, 4) is 0 Å². The van der Waals surface area contributed by atoms with Crippen molar-refractivity contribution < 1.29 is 0 Å². The second kappa shape index (κ2) is 4.77. The van der Waals surface area contributed by atoms with Gasteiger partial charge in [-0.3, -0.25) is 0 Å². The van der Waals surface area contributed by atoms with Gasteiger partial charge in [0.25, 0.3) is 0 Å². The SMILES string of the molecule is Nc1nc2cc(C=CCCBr)ccc2s1. The van der Waals surface area contributed by atoms with Crippen molar-refractivity contribution in [3.05, 3.63) is 29.8 Å². The van der Waals surface area contributed by atoms with Crippen LogP contribution in [0.4, 0.5) is 5.13 Å². The second-order valence-electron chi connectivity index (χ2n) is 3.16. The molecule has 4 heteroatoms. The Morgan fingerprint density at radius 3 is 3.13 bits per heavy atom. The highest BCUT2D eigenvalue weighted by atomic mass is 79.9. The number of hydrogen-bond acceptors (Lipinski definition) is 3. The summed E-state index contributed by atoms with van der Waals surface area (Å²) in [6, 6.07) is 6.22. The summed E-state index contributed by atoms with van der Waals surface area (Å²) >= 11 is 4.91. The molecule has 2 rings (SSSR count). The van der Waals surface area contributed by atoms with E-state index in [2.05, 4.69) is 51.3 Å². The van der Waals surface area contributed by atoms with Gasteiger partial charge in [0.2, 0.25) is 0 Å². The van der Waals surface area contributed by atoms with Crippen LogP contribution in [0.5, 0.6) is 0 Å². The molecule has 0 saturated heterocycles. The van der Waals surface area contributed by atoms with E-state index in [9.17, 15) is 0 Å². The molecule has 0 bridgehead atoms. The number of anilines is 1. The third-order valence-electron chi connectivity index (χ3n) is 2.01. The molecule has 1 aromatic carbocycles. The van der Waals surface area contributed by atoms with E-state index < -0.39 is 0 Å². The van der Waals surface area contributed by atoms with Crippen LogP contribution in [0.15, 0.2) is 24.3 Å². The highest BCUT2D eigenvalue weighted by Gasteiger charge is 1.99. The Kier molecular flexibility index (Phi) is 3.38. The largest absolute Gasteiger partial charge is 0.375 e. The Hall–Kier alpha value is -0.870. The third-order valence-corrected chi connectivity index (χ3v) is 3.34. The molecule has 0 saturated carbocycles. The Balaban J connectivity index is 2.30. The molecule has 0 aliphatic heterocycles. The first-order valence-corrected chi connectivity index (χ1v) is 6.62. The maximum atomic E-state index is 5.65. The van der Waals surface area contributed by atoms with Gasteiger partial charge in [-0.15, -0.1) is 0 Å². The van der Waals surface area contributed by atoms with Crippen molar-refractivity contribution in [2.24, 2.45) is 0 Å². The Morgan fingerprint density at radius 1 is 1.47 bits per heavy atom. The predicted molar refractivity (Wildman–Crippen MR) is 71.5 cm³/mol. The Labute approximate surface area is 101 Å². The van der Waals surface area contributed by atoms with Crippen molar-refractivity contribution in [3.63, 3.8) is 0 Å². The first-order valence-electron chi connectivity index (χ1n) is 4.68. The number of benzene rings is 1. The standard InChI is InChI=1S/C11H11BrN2S/c12-6-2-1-3-8-4-5-10-9(7-8)14-11(13)15-10/h1,3-5,7H,2,6H2,(H2,13,14). The molecule has 0 aliphatic carbocycles. The normalized spacial score (nSPS) is 11.5. The van der Waals surface area contributed by atoms with Gasteiger partial charge in [-0.25, -0.2) is 4.98 Å². The summed E-state index contributed by atoms with van der Waals surface area (Å²) in [5.41, 5.74) is 7.80. The van der Waals surface area contributed by atoms with Crippen LogP contribution in [0.25, 0.3) is 16.3 Å². The highest BCUT2D eigenvalue weighted by Crippen LogP contribution is 2.24. The molecule has 0 radical (unpaired) electrons. The summed E-state index contributed by atoms with van der Waals surface area (Å²) in [6.45, 7) is 0. The molecule has 0 atom stereocenters. The van der Waals surface area contributed by atoms with E-state index in [4.69, 9.17) is 5.73 Å². The van der Waals surface area contributed by atoms with E-state index in [1.807, 2.05) is 0 Å². The van der Waals surface area contributed by atoms with Crippen molar-refractivity contribution in [1.82, 2.24) is 4.98 Å². The summed E-state index contributed by atoms with van der Waals surface area (Å²) in [6.07, 6.45) is 5.29. The number of nitrogens with zero attached hydrogens (tertiary/aromatic N) is 1. The third kappa shape index (κ3) is 2.58. The van der Waals surface area contributed by atoms with Gasteiger partial charge in [0.1, 0.15) is 0 Å². The van der Waals surface area contributed by atoms with Crippen molar-refractivity contribution >= 4 is 48.7 Å². The molecule has 2 N–H and O–H groups in total. The highest BCUT2D eigenvalue weighted by molar-refractivity contribution is 9.09. The van der Waals surface area contributed by atoms with E-state index in [1.54, 1.807) is 0 Å². The van der Waals surface area contributed by atoms with Gasteiger partial charge in [0.05, 0.1) is 10.2 Å². The van der Waals surface area contributed by atoms with E-state index >= 15 is 0 Å². The fourth-order valence-corrected chi connectivity index (χ4v) is 2.33. The van der Waals surface area contributed by atoms with Crippen LogP contribution in [0.2, 0.25) is 0 Å². The lowest BCUT2D eigenvalue weighted by Gasteiger charge is -1.92. The van der Waals surface area contributed by atoms with Gasteiger partial charge in [0, 0.05) is 5.33 Å².